The van der Waals surface area contributed by atoms with Gasteiger partial charge in [0.2, 0.25) is 0 Å². The van der Waals surface area contributed by atoms with Crippen LogP contribution in [0.1, 0.15) is 37.7 Å². The molecule has 1 aromatic heterocycles. The minimum absolute atomic E-state index is 0.194. The molecule has 0 amide bonds. The molecule has 0 radical (unpaired) electrons. The van der Waals surface area contributed by atoms with Crippen LogP contribution in [0.25, 0.3) is 5.69 Å². The summed E-state index contributed by atoms with van der Waals surface area (Å²) < 4.78 is 13.8. The molecule has 2 N–H and O–H groups in total. The minimum atomic E-state index is 0.194. The van der Waals surface area contributed by atoms with Crippen LogP contribution in [-0.2, 0) is 19.5 Å². The van der Waals surface area contributed by atoms with E-state index in [1.807, 2.05) is 48.7 Å². The number of guanidine groups is 1. The van der Waals surface area contributed by atoms with Crippen LogP contribution in [-0.4, -0.2) is 40.0 Å². The monoisotopic (exact) mass is 434 g/mol. The van der Waals surface area contributed by atoms with Gasteiger partial charge >= 0.3 is 0 Å². The van der Waals surface area contributed by atoms with Gasteiger partial charge in [0, 0.05) is 29.8 Å². The zero-order chi connectivity index (χ0) is 22.3. The van der Waals surface area contributed by atoms with Crippen molar-refractivity contribution in [1.82, 2.24) is 25.4 Å². The molecule has 1 atom stereocenters. The van der Waals surface area contributed by atoms with Gasteiger partial charge in [-0.15, -0.1) is 10.2 Å². The van der Waals surface area contributed by atoms with E-state index in [4.69, 9.17) is 14.5 Å². The average Bonchev–Trinajstić information content (AvgIpc) is 3.41. The maximum Gasteiger partial charge on any atom is 0.191 e. The Morgan fingerprint density at radius 3 is 2.84 bits per heavy atom. The SMILES string of the molecule is CCNC(=NCc1cc2c(cc1OCC)CC(C)O2)NCc1nncn1-c1ccccc1. The highest BCUT2D eigenvalue weighted by Gasteiger charge is 2.21. The molecule has 0 bridgehead atoms. The number of rotatable bonds is 8. The summed E-state index contributed by atoms with van der Waals surface area (Å²) in [5, 5.41) is 15.0. The third-order valence-electron chi connectivity index (χ3n) is 5.20. The Morgan fingerprint density at radius 1 is 1.22 bits per heavy atom. The summed E-state index contributed by atoms with van der Waals surface area (Å²) in [6, 6.07) is 14.2. The summed E-state index contributed by atoms with van der Waals surface area (Å²) in [5.74, 6) is 3.30. The molecule has 8 heteroatoms. The molecular formula is C24H30N6O2. The normalized spacial score (nSPS) is 15.2. The van der Waals surface area contributed by atoms with Crippen molar-refractivity contribution >= 4 is 5.96 Å². The number of aromatic nitrogens is 3. The van der Waals surface area contributed by atoms with Gasteiger partial charge in [0.1, 0.15) is 23.9 Å². The van der Waals surface area contributed by atoms with E-state index in [9.17, 15) is 0 Å². The van der Waals surface area contributed by atoms with E-state index in [2.05, 4.69) is 39.9 Å². The number of ether oxygens (including phenoxy) is 2. The van der Waals surface area contributed by atoms with E-state index in [1.165, 1.54) is 5.56 Å². The second kappa shape index (κ2) is 10.2. The molecule has 8 nitrogen and oxygen atoms in total. The third kappa shape index (κ3) is 5.01. The molecule has 0 spiro atoms. The van der Waals surface area contributed by atoms with Gasteiger partial charge in [-0.3, -0.25) is 4.57 Å². The van der Waals surface area contributed by atoms with E-state index in [0.717, 1.165) is 41.5 Å². The lowest BCUT2D eigenvalue weighted by molar-refractivity contribution is 0.254. The number of para-hydroxylation sites is 1. The topological polar surface area (TPSA) is 85.6 Å². The molecule has 0 aliphatic carbocycles. The molecule has 2 aromatic carbocycles. The molecule has 0 saturated heterocycles. The van der Waals surface area contributed by atoms with E-state index in [-0.39, 0.29) is 6.10 Å². The standard InChI is InChI=1S/C24H30N6O2/c1-4-25-24(27-15-23-29-28-16-30(23)20-9-7-6-8-10-20)26-14-19-13-22-18(11-17(3)32-22)12-21(19)31-5-2/h6-10,12-13,16-17H,4-5,11,14-15H2,1-3H3,(H2,25,26,27). The maximum absolute atomic E-state index is 5.93. The first-order valence-corrected chi connectivity index (χ1v) is 11.1. The quantitative estimate of drug-likeness (QED) is 0.418. The Balaban J connectivity index is 1.49. The van der Waals surface area contributed by atoms with Crippen molar-refractivity contribution in [1.29, 1.82) is 0 Å². The summed E-state index contributed by atoms with van der Waals surface area (Å²) in [4.78, 5) is 4.77. The van der Waals surface area contributed by atoms with Gasteiger partial charge in [0.15, 0.2) is 11.8 Å². The molecule has 1 unspecified atom stereocenters. The molecule has 2 heterocycles. The van der Waals surface area contributed by atoms with Crippen molar-refractivity contribution in [3.8, 4) is 17.2 Å². The lowest BCUT2D eigenvalue weighted by Crippen LogP contribution is -2.37. The molecule has 3 aromatic rings. The second-order valence-electron chi connectivity index (χ2n) is 7.63. The fraction of sp³-hybridized carbons (Fsp3) is 0.375. The van der Waals surface area contributed by atoms with Crippen LogP contribution < -0.4 is 20.1 Å². The van der Waals surface area contributed by atoms with Crippen molar-refractivity contribution in [2.75, 3.05) is 13.2 Å². The minimum Gasteiger partial charge on any atom is -0.494 e. The second-order valence-corrected chi connectivity index (χ2v) is 7.63. The smallest absolute Gasteiger partial charge is 0.191 e. The number of aliphatic imine (C=N–C) groups is 1. The predicted octanol–water partition coefficient (Wildman–Crippen LogP) is 3.24. The molecule has 32 heavy (non-hydrogen) atoms. The Bertz CT molecular complexity index is 1060. The van der Waals surface area contributed by atoms with Gasteiger partial charge in [0.25, 0.3) is 0 Å². The number of nitrogens with zero attached hydrogens (tertiary/aromatic N) is 4. The highest BCUT2D eigenvalue weighted by molar-refractivity contribution is 5.79. The average molecular weight is 435 g/mol. The van der Waals surface area contributed by atoms with Crippen LogP contribution in [0.4, 0.5) is 0 Å². The first-order chi connectivity index (χ1) is 15.7. The van der Waals surface area contributed by atoms with Crippen LogP contribution in [0.3, 0.4) is 0 Å². The van der Waals surface area contributed by atoms with E-state index >= 15 is 0 Å². The summed E-state index contributed by atoms with van der Waals surface area (Å²) in [7, 11) is 0. The fourth-order valence-electron chi connectivity index (χ4n) is 3.75. The van der Waals surface area contributed by atoms with Gasteiger partial charge in [-0.25, -0.2) is 4.99 Å². The van der Waals surface area contributed by atoms with Crippen LogP contribution in [0, 0.1) is 0 Å². The van der Waals surface area contributed by atoms with E-state index in [1.54, 1.807) is 6.33 Å². The molecule has 1 aliphatic heterocycles. The van der Waals surface area contributed by atoms with Crippen LogP contribution in [0.5, 0.6) is 11.5 Å². The van der Waals surface area contributed by atoms with E-state index < -0.39 is 0 Å². The van der Waals surface area contributed by atoms with Crippen molar-refractivity contribution in [3.63, 3.8) is 0 Å². The van der Waals surface area contributed by atoms with Crippen LogP contribution in [0.2, 0.25) is 0 Å². The Labute approximate surface area is 188 Å². The van der Waals surface area contributed by atoms with E-state index in [0.29, 0.717) is 25.7 Å². The largest absolute Gasteiger partial charge is 0.494 e. The highest BCUT2D eigenvalue weighted by Crippen LogP contribution is 2.35. The molecule has 0 fully saturated rings. The Hall–Kier alpha value is -3.55. The lowest BCUT2D eigenvalue weighted by Gasteiger charge is -2.14. The van der Waals surface area contributed by atoms with Crippen LogP contribution >= 0.6 is 0 Å². The number of benzene rings is 2. The van der Waals surface area contributed by atoms with Gasteiger partial charge in [0.05, 0.1) is 19.7 Å². The third-order valence-corrected chi connectivity index (χ3v) is 5.20. The van der Waals surface area contributed by atoms with Gasteiger partial charge in [-0.05, 0) is 45.0 Å². The Kier molecular flexibility index (Phi) is 6.89. The molecule has 0 saturated carbocycles. The molecule has 168 valence electrons. The number of nitrogens with one attached hydrogen (secondary N) is 2. The highest BCUT2D eigenvalue weighted by atomic mass is 16.5. The fourth-order valence-corrected chi connectivity index (χ4v) is 3.75. The van der Waals surface area contributed by atoms with Crippen LogP contribution in [0.15, 0.2) is 53.8 Å². The van der Waals surface area contributed by atoms with Gasteiger partial charge in [-0.1, -0.05) is 18.2 Å². The summed E-state index contributed by atoms with van der Waals surface area (Å²) in [6.45, 7) is 8.44. The van der Waals surface area contributed by atoms with Crippen molar-refractivity contribution in [2.24, 2.45) is 4.99 Å². The van der Waals surface area contributed by atoms with Crippen molar-refractivity contribution < 1.29 is 9.47 Å². The number of hydrogen-bond donors (Lipinski definition) is 2. The summed E-state index contributed by atoms with van der Waals surface area (Å²) >= 11 is 0. The zero-order valence-corrected chi connectivity index (χ0v) is 18.8. The number of fused-ring (bicyclic) bond motifs is 1. The van der Waals surface area contributed by atoms with Gasteiger partial charge < -0.3 is 20.1 Å². The molecule has 1 aliphatic rings. The van der Waals surface area contributed by atoms with Crippen molar-refractivity contribution in [2.45, 2.75) is 46.4 Å². The summed E-state index contributed by atoms with van der Waals surface area (Å²) in [6.07, 6.45) is 2.82. The maximum atomic E-state index is 5.93. The Morgan fingerprint density at radius 2 is 2.06 bits per heavy atom. The lowest BCUT2D eigenvalue weighted by atomic mass is 10.1. The van der Waals surface area contributed by atoms with Gasteiger partial charge in [-0.2, -0.15) is 0 Å². The molecular weight excluding hydrogens is 404 g/mol. The first kappa shape index (κ1) is 21.7. The van der Waals surface area contributed by atoms with Crippen molar-refractivity contribution in [3.05, 3.63) is 65.7 Å². The summed E-state index contributed by atoms with van der Waals surface area (Å²) in [5.41, 5.74) is 3.22. The predicted molar refractivity (Wildman–Crippen MR) is 124 cm³/mol. The zero-order valence-electron chi connectivity index (χ0n) is 18.8. The first-order valence-electron chi connectivity index (χ1n) is 11.1. The number of hydrogen-bond acceptors (Lipinski definition) is 5. The molecule has 4 rings (SSSR count).